The van der Waals surface area contributed by atoms with Crippen molar-refractivity contribution in [1.82, 2.24) is 10.6 Å². The van der Waals surface area contributed by atoms with Gasteiger partial charge in [0.2, 0.25) is 5.91 Å². The molecule has 1 aliphatic heterocycles. The maximum atomic E-state index is 11.6. The predicted molar refractivity (Wildman–Crippen MR) is 56.5 cm³/mol. The molecular formula is C10H20N2O3. The Hall–Kier alpha value is -0.650. The number of nitrogens with one attached hydrogen (secondary N) is 2. The van der Waals surface area contributed by atoms with Crippen LogP contribution in [0.5, 0.6) is 0 Å². The van der Waals surface area contributed by atoms with Gasteiger partial charge >= 0.3 is 0 Å². The monoisotopic (exact) mass is 216 g/mol. The third-order valence-corrected chi connectivity index (χ3v) is 2.58. The van der Waals surface area contributed by atoms with Crippen LogP contribution >= 0.6 is 0 Å². The molecule has 1 unspecified atom stereocenters. The van der Waals surface area contributed by atoms with Crippen LogP contribution in [0.15, 0.2) is 0 Å². The van der Waals surface area contributed by atoms with Crippen molar-refractivity contribution in [1.29, 1.82) is 0 Å². The van der Waals surface area contributed by atoms with Crippen LogP contribution in [0.4, 0.5) is 0 Å². The summed E-state index contributed by atoms with van der Waals surface area (Å²) >= 11 is 0. The molecule has 1 rings (SSSR count). The molecule has 0 saturated carbocycles. The fourth-order valence-corrected chi connectivity index (χ4v) is 1.70. The molecule has 0 bridgehead atoms. The minimum atomic E-state index is -0.610. The molecule has 1 heterocycles. The average molecular weight is 216 g/mol. The molecule has 0 aromatic rings. The summed E-state index contributed by atoms with van der Waals surface area (Å²) in [5, 5.41) is 15.3. The van der Waals surface area contributed by atoms with Crippen molar-refractivity contribution in [3.8, 4) is 0 Å². The Labute approximate surface area is 90.2 Å². The summed E-state index contributed by atoms with van der Waals surface area (Å²) < 4.78 is 4.77. The van der Waals surface area contributed by atoms with E-state index in [2.05, 4.69) is 10.6 Å². The van der Waals surface area contributed by atoms with Gasteiger partial charge < -0.3 is 20.5 Å². The molecule has 88 valence electrons. The highest BCUT2D eigenvalue weighted by Gasteiger charge is 2.20. The van der Waals surface area contributed by atoms with Crippen LogP contribution < -0.4 is 10.6 Å². The number of ether oxygens (including phenoxy) is 1. The Balaban J connectivity index is 2.16. The molecular weight excluding hydrogens is 196 g/mol. The van der Waals surface area contributed by atoms with Gasteiger partial charge in [-0.1, -0.05) is 0 Å². The fraction of sp³-hybridized carbons (Fsp3) is 0.900. The molecule has 5 heteroatoms. The third kappa shape index (κ3) is 4.59. The van der Waals surface area contributed by atoms with Gasteiger partial charge in [0.15, 0.2) is 0 Å². The molecule has 0 radical (unpaired) electrons. The van der Waals surface area contributed by atoms with E-state index in [1.165, 1.54) is 7.11 Å². The molecule has 0 aliphatic carbocycles. The Kier molecular flexibility index (Phi) is 5.60. The van der Waals surface area contributed by atoms with E-state index in [0.29, 0.717) is 0 Å². The minimum Gasteiger partial charge on any atom is -0.389 e. The lowest BCUT2D eigenvalue weighted by atomic mass is 9.97. The first kappa shape index (κ1) is 12.4. The first-order chi connectivity index (χ1) is 7.24. The van der Waals surface area contributed by atoms with Crippen LogP contribution in [-0.2, 0) is 9.53 Å². The molecule has 1 saturated heterocycles. The van der Waals surface area contributed by atoms with Crippen molar-refractivity contribution in [2.24, 2.45) is 5.92 Å². The molecule has 1 amide bonds. The molecule has 1 fully saturated rings. The summed E-state index contributed by atoms with van der Waals surface area (Å²) in [6.07, 6.45) is 1.15. The number of hydrogen-bond donors (Lipinski definition) is 3. The summed E-state index contributed by atoms with van der Waals surface area (Å²) in [7, 11) is 1.53. The second kappa shape index (κ2) is 6.76. The number of carbonyl (C=O) groups is 1. The highest BCUT2D eigenvalue weighted by atomic mass is 16.5. The van der Waals surface area contributed by atoms with Crippen LogP contribution in [0.2, 0.25) is 0 Å². The zero-order valence-corrected chi connectivity index (χ0v) is 9.16. The highest BCUT2D eigenvalue weighted by Crippen LogP contribution is 2.10. The van der Waals surface area contributed by atoms with E-state index in [1.807, 2.05) is 0 Å². The zero-order chi connectivity index (χ0) is 11.1. The van der Waals surface area contributed by atoms with Crippen molar-refractivity contribution < 1.29 is 14.6 Å². The van der Waals surface area contributed by atoms with E-state index < -0.39 is 6.10 Å². The second-order valence-corrected chi connectivity index (χ2v) is 3.88. The van der Waals surface area contributed by atoms with Crippen LogP contribution in [0.25, 0.3) is 0 Å². The SMILES string of the molecule is COCC(O)CNC(=O)C1CCNCC1. The van der Waals surface area contributed by atoms with E-state index >= 15 is 0 Å². The van der Waals surface area contributed by atoms with Crippen molar-refractivity contribution in [3.63, 3.8) is 0 Å². The summed E-state index contributed by atoms with van der Waals surface area (Å²) in [5.74, 6) is 0.146. The van der Waals surface area contributed by atoms with Gasteiger partial charge in [-0.3, -0.25) is 4.79 Å². The standard InChI is InChI=1S/C10H20N2O3/c1-15-7-9(13)6-12-10(14)8-2-4-11-5-3-8/h8-9,11,13H,2-7H2,1H3,(H,12,14). The van der Waals surface area contributed by atoms with Crippen molar-refractivity contribution in [3.05, 3.63) is 0 Å². The Morgan fingerprint density at radius 2 is 2.27 bits per heavy atom. The van der Waals surface area contributed by atoms with Gasteiger partial charge in [0, 0.05) is 19.6 Å². The zero-order valence-electron chi connectivity index (χ0n) is 9.16. The summed E-state index contributed by atoms with van der Waals surface area (Å²) in [6.45, 7) is 2.33. The van der Waals surface area contributed by atoms with Gasteiger partial charge in [0.25, 0.3) is 0 Å². The van der Waals surface area contributed by atoms with Gasteiger partial charge in [0.05, 0.1) is 12.7 Å². The van der Waals surface area contributed by atoms with E-state index in [0.717, 1.165) is 25.9 Å². The van der Waals surface area contributed by atoms with Crippen molar-refractivity contribution in [2.75, 3.05) is 33.4 Å². The average Bonchev–Trinajstić information content (AvgIpc) is 2.27. The van der Waals surface area contributed by atoms with Crippen LogP contribution in [-0.4, -0.2) is 50.5 Å². The molecule has 0 aromatic heterocycles. The third-order valence-electron chi connectivity index (χ3n) is 2.58. The number of carbonyl (C=O) groups excluding carboxylic acids is 1. The van der Waals surface area contributed by atoms with E-state index in [9.17, 15) is 9.90 Å². The lowest BCUT2D eigenvalue weighted by Gasteiger charge is -2.22. The van der Waals surface area contributed by atoms with Crippen LogP contribution in [0.3, 0.4) is 0 Å². The number of amides is 1. The Bertz CT molecular complexity index is 193. The normalized spacial score (nSPS) is 19.9. The molecule has 1 atom stereocenters. The Morgan fingerprint density at radius 3 is 2.87 bits per heavy atom. The fourth-order valence-electron chi connectivity index (χ4n) is 1.70. The number of hydrogen-bond acceptors (Lipinski definition) is 4. The lowest BCUT2D eigenvalue weighted by Crippen LogP contribution is -2.41. The van der Waals surface area contributed by atoms with Gasteiger partial charge in [-0.2, -0.15) is 0 Å². The van der Waals surface area contributed by atoms with Crippen LogP contribution in [0.1, 0.15) is 12.8 Å². The van der Waals surface area contributed by atoms with Gasteiger partial charge in [-0.15, -0.1) is 0 Å². The van der Waals surface area contributed by atoms with Gasteiger partial charge in [-0.05, 0) is 25.9 Å². The van der Waals surface area contributed by atoms with Gasteiger partial charge in [-0.25, -0.2) is 0 Å². The molecule has 0 spiro atoms. The largest absolute Gasteiger partial charge is 0.389 e. The van der Waals surface area contributed by atoms with Crippen molar-refractivity contribution in [2.45, 2.75) is 18.9 Å². The van der Waals surface area contributed by atoms with E-state index in [-0.39, 0.29) is 25.0 Å². The van der Waals surface area contributed by atoms with E-state index in [1.54, 1.807) is 0 Å². The molecule has 5 nitrogen and oxygen atoms in total. The number of methoxy groups -OCH3 is 1. The molecule has 1 aliphatic rings. The van der Waals surface area contributed by atoms with Gasteiger partial charge in [0.1, 0.15) is 0 Å². The topological polar surface area (TPSA) is 70.6 Å². The number of aliphatic hydroxyl groups is 1. The quantitative estimate of drug-likeness (QED) is 0.557. The second-order valence-electron chi connectivity index (χ2n) is 3.88. The van der Waals surface area contributed by atoms with Crippen molar-refractivity contribution >= 4 is 5.91 Å². The minimum absolute atomic E-state index is 0.0478. The first-order valence-corrected chi connectivity index (χ1v) is 5.39. The maximum absolute atomic E-state index is 11.6. The molecule has 15 heavy (non-hydrogen) atoms. The van der Waals surface area contributed by atoms with E-state index in [4.69, 9.17) is 4.74 Å². The summed E-state index contributed by atoms with van der Waals surface area (Å²) in [4.78, 5) is 11.6. The smallest absolute Gasteiger partial charge is 0.223 e. The molecule has 3 N–H and O–H groups in total. The number of piperidine rings is 1. The number of aliphatic hydroxyl groups excluding tert-OH is 1. The summed E-state index contributed by atoms with van der Waals surface area (Å²) in [5.41, 5.74) is 0. The molecule has 0 aromatic carbocycles. The predicted octanol–water partition coefficient (Wildman–Crippen LogP) is -0.890. The highest BCUT2D eigenvalue weighted by molar-refractivity contribution is 5.78. The lowest BCUT2D eigenvalue weighted by molar-refractivity contribution is -0.126. The number of rotatable bonds is 5. The first-order valence-electron chi connectivity index (χ1n) is 5.39. The summed E-state index contributed by atoms with van der Waals surface area (Å²) in [6, 6.07) is 0. The maximum Gasteiger partial charge on any atom is 0.223 e. The van der Waals surface area contributed by atoms with Crippen LogP contribution in [0, 0.1) is 5.92 Å². The Morgan fingerprint density at radius 1 is 1.60 bits per heavy atom.